The summed E-state index contributed by atoms with van der Waals surface area (Å²) in [7, 11) is -3.97. The Bertz CT molecular complexity index is 1530. The fourth-order valence-electron chi connectivity index (χ4n) is 3.37. The number of hydrogen-bond acceptors (Lipinski definition) is 5. The highest BCUT2D eigenvalue weighted by Gasteiger charge is 2.19. The van der Waals surface area contributed by atoms with Crippen molar-refractivity contribution in [3.05, 3.63) is 97.8 Å². The van der Waals surface area contributed by atoms with E-state index in [1.807, 2.05) is 53.3 Å². The molecule has 0 fully saturated rings. The molecule has 0 aliphatic carbocycles. The first-order valence-corrected chi connectivity index (χ1v) is 14.1. The van der Waals surface area contributed by atoms with Crippen molar-refractivity contribution in [2.75, 3.05) is 0 Å². The Morgan fingerprint density at radius 1 is 1.11 bits per heavy atom. The molecule has 0 aliphatic heterocycles. The van der Waals surface area contributed by atoms with Crippen LogP contribution in [0.15, 0.2) is 74.7 Å². The number of sulfonamides is 1. The number of nitrogens with zero attached hydrogens (tertiary/aromatic N) is 2. The molecular formula is C24H18BrCl2N3O3S2. The van der Waals surface area contributed by atoms with Crippen LogP contribution in [0.4, 0.5) is 0 Å². The van der Waals surface area contributed by atoms with Gasteiger partial charge >= 0.3 is 0 Å². The second-order valence-electron chi connectivity index (χ2n) is 7.46. The molecule has 35 heavy (non-hydrogen) atoms. The van der Waals surface area contributed by atoms with Crippen molar-refractivity contribution in [2.45, 2.75) is 17.7 Å². The third kappa shape index (κ3) is 6.05. The van der Waals surface area contributed by atoms with Gasteiger partial charge in [0.1, 0.15) is 10.0 Å². The van der Waals surface area contributed by atoms with E-state index in [1.54, 1.807) is 17.6 Å². The maximum absolute atomic E-state index is 12.4. The fourth-order valence-corrected chi connectivity index (χ4v) is 6.86. The van der Waals surface area contributed by atoms with Gasteiger partial charge < -0.3 is 4.57 Å². The monoisotopic (exact) mass is 609 g/mol. The number of halogens is 3. The summed E-state index contributed by atoms with van der Waals surface area (Å²) in [4.78, 5) is 16.6. The molecule has 2 aromatic heterocycles. The van der Waals surface area contributed by atoms with Gasteiger partial charge in [-0.2, -0.15) is 0 Å². The van der Waals surface area contributed by atoms with Crippen LogP contribution in [0.2, 0.25) is 10.2 Å². The van der Waals surface area contributed by atoms with E-state index in [9.17, 15) is 13.2 Å². The van der Waals surface area contributed by atoms with E-state index in [2.05, 4.69) is 20.9 Å². The van der Waals surface area contributed by atoms with Crippen molar-refractivity contribution in [2.24, 2.45) is 0 Å². The molecule has 2 heterocycles. The Labute approximate surface area is 225 Å². The van der Waals surface area contributed by atoms with Gasteiger partial charge in [-0.3, -0.25) is 4.79 Å². The quantitative estimate of drug-likeness (QED) is 0.240. The minimum absolute atomic E-state index is 0.0265. The molecule has 11 heteroatoms. The Kier molecular flexibility index (Phi) is 7.83. The maximum atomic E-state index is 12.4. The van der Waals surface area contributed by atoms with Gasteiger partial charge in [0.15, 0.2) is 5.15 Å². The van der Waals surface area contributed by atoms with Gasteiger partial charge in [-0.05, 0) is 63.8 Å². The smallest absolute Gasteiger partial charge is 0.273 e. The average Bonchev–Trinajstić information content (AvgIpc) is 3.37. The summed E-state index contributed by atoms with van der Waals surface area (Å²) < 4.78 is 29.3. The predicted octanol–water partition coefficient (Wildman–Crippen LogP) is 6.56. The first-order chi connectivity index (χ1) is 16.6. The number of benzene rings is 2. The summed E-state index contributed by atoms with van der Waals surface area (Å²) in [5.41, 5.74) is 3.35. The van der Waals surface area contributed by atoms with Crippen molar-refractivity contribution in [1.29, 1.82) is 0 Å². The molecule has 0 aliphatic rings. The lowest BCUT2D eigenvalue weighted by Crippen LogP contribution is -2.28. The number of aromatic nitrogens is 2. The normalized spacial score (nSPS) is 11.8. The Morgan fingerprint density at radius 3 is 2.51 bits per heavy atom. The number of imidazole rings is 1. The molecule has 1 N–H and O–H groups in total. The van der Waals surface area contributed by atoms with Crippen LogP contribution in [-0.4, -0.2) is 23.9 Å². The number of amides is 1. The average molecular weight is 611 g/mol. The van der Waals surface area contributed by atoms with E-state index in [0.717, 1.165) is 34.1 Å². The van der Waals surface area contributed by atoms with Crippen LogP contribution < -0.4 is 4.72 Å². The summed E-state index contributed by atoms with van der Waals surface area (Å²) in [6.07, 6.45) is 2.54. The Balaban J connectivity index is 1.55. The minimum atomic E-state index is -3.97. The van der Waals surface area contributed by atoms with Crippen LogP contribution in [0.25, 0.3) is 17.2 Å². The highest BCUT2D eigenvalue weighted by Crippen LogP contribution is 2.28. The largest absolute Gasteiger partial charge is 0.323 e. The van der Waals surface area contributed by atoms with E-state index in [0.29, 0.717) is 26.9 Å². The Morgan fingerprint density at radius 2 is 1.86 bits per heavy atom. The summed E-state index contributed by atoms with van der Waals surface area (Å²) in [5, 5.41) is 0.769. The molecule has 180 valence electrons. The number of aryl methyl sites for hydroxylation is 1. The number of hydrogen-bond donors (Lipinski definition) is 1. The molecule has 0 bridgehead atoms. The van der Waals surface area contributed by atoms with Gasteiger partial charge in [0.2, 0.25) is 0 Å². The molecular weight excluding hydrogens is 593 g/mol. The molecule has 0 unspecified atom stereocenters. The summed E-state index contributed by atoms with van der Waals surface area (Å²) >= 11 is 17.1. The lowest BCUT2D eigenvalue weighted by atomic mass is 10.0. The molecule has 0 saturated heterocycles. The minimum Gasteiger partial charge on any atom is -0.323 e. The molecule has 0 saturated carbocycles. The van der Waals surface area contributed by atoms with E-state index < -0.39 is 15.9 Å². The zero-order chi connectivity index (χ0) is 25.2. The molecule has 0 spiro atoms. The van der Waals surface area contributed by atoms with Crippen molar-refractivity contribution in [1.82, 2.24) is 14.3 Å². The summed E-state index contributed by atoms with van der Waals surface area (Å²) in [6.45, 7) is 2.15. The molecule has 6 nitrogen and oxygen atoms in total. The third-order valence-corrected chi connectivity index (χ3v) is 9.17. The van der Waals surface area contributed by atoms with Crippen LogP contribution in [0, 0.1) is 6.92 Å². The van der Waals surface area contributed by atoms with Gasteiger partial charge in [-0.25, -0.2) is 18.1 Å². The number of rotatable bonds is 7. The van der Waals surface area contributed by atoms with Gasteiger partial charge in [0.05, 0.1) is 16.0 Å². The third-order valence-electron chi connectivity index (χ3n) is 5.08. The molecule has 0 atom stereocenters. The second kappa shape index (κ2) is 10.7. The Hall–Kier alpha value is -2.43. The predicted molar refractivity (Wildman–Crippen MR) is 144 cm³/mol. The maximum Gasteiger partial charge on any atom is 0.273 e. The van der Waals surface area contributed by atoms with Crippen LogP contribution >= 0.6 is 50.5 Å². The van der Waals surface area contributed by atoms with Crippen molar-refractivity contribution < 1.29 is 13.2 Å². The molecule has 4 aromatic rings. The number of thiophene rings is 1. The summed E-state index contributed by atoms with van der Waals surface area (Å²) in [5.74, 6) is -0.185. The van der Waals surface area contributed by atoms with E-state index in [1.165, 1.54) is 12.1 Å². The van der Waals surface area contributed by atoms with Gasteiger partial charge in [-0.1, -0.05) is 65.7 Å². The van der Waals surface area contributed by atoms with Crippen molar-refractivity contribution in [3.63, 3.8) is 0 Å². The highest BCUT2D eigenvalue weighted by molar-refractivity contribution is 9.11. The van der Waals surface area contributed by atoms with Gasteiger partial charge in [0, 0.05) is 11.1 Å². The zero-order valence-electron chi connectivity index (χ0n) is 18.2. The van der Waals surface area contributed by atoms with Crippen LogP contribution in [0.3, 0.4) is 0 Å². The topological polar surface area (TPSA) is 81.1 Å². The number of nitrogens with one attached hydrogen (secondary N) is 1. The van der Waals surface area contributed by atoms with E-state index >= 15 is 0 Å². The van der Waals surface area contributed by atoms with Crippen LogP contribution in [0.5, 0.6) is 0 Å². The molecule has 1 amide bonds. The highest BCUT2D eigenvalue weighted by atomic mass is 79.9. The lowest BCUT2D eigenvalue weighted by Gasteiger charge is -2.12. The first kappa shape index (κ1) is 25.7. The lowest BCUT2D eigenvalue weighted by molar-refractivity contribution is -0.114. The second-order valence-corrected chi connectivity index (χ2v) is 12.6. The molecule has 4 rings (SSSR count). The van der Waals surface area contributed by atoms with Gasteiger partial charge in [0.25, 0.3) is 15.9 Å². The van der Waals surface area contributed by atoms with Gasteiger partial charge in [-0.15, -0.1) is 11.3 Å². The van der Waals surface area contributed by atoms with E-state index in [4.69, 9.17) is 23.2 Å². The number of carbonyl (C=O) groups excluding carboxylic acids is 1. The SMILES string of the molecule is Cc1nc(Cl)c(/C=C/C(=O)NS(=O)(=O)c2ccc(Br)s2)n1Cc1ccc(-c2ccccc2)cc1Cl. The standard InChI is InChI=1S/C24H18BrCl2N3O3S2/c1-15-28-24(27)20(9-11-22(31)29-35(32,33)23-12-10-21(25)34-23)30(15)14-18-8-7-17(13-19(18)26)16-5-3-2-4-6-16/h2-13H,14H2,1H3,(H,29,31)/b11-9+. The zero-order valence-corrected chi connectivity index (χ0v) is 22.9. The van der Waals surface area contributed by atoms with E-state index in [-0.39, 0.29) is 9.36 Å². The van der Waals surface area contributed by atoms with Crippen molar-refractivity contribution >= 4 is 72.5 Å². The molecule has 0 radical (unpaired) electrons. The van der Waals surface area contributed by atoms with Crippen LogP contribution in [0.1, 0.15) is 17.1 Å². The first-order valence-electron chi connectivity index (χ1n) is 10.2. The molecule has 2 aromatic carbocycles. The number of carbonyl (C=O) groups is 1. The van der Waals surface area contributed by atoms with Crippen molar-refractivity contribution in [3.8, 4) is 11.1 Å². The fraction of sp³-hybridized carbons (Fsp3) is 0.0833. The summed E-state index contributed by atoms with van der Waals surface area (Å²) in [6, 6.07) is 18.7. The van der Waals surface area contributed by atoms with Crippen LogP contribution in [-0.2, 0) is 21.4 Å².